The molecule has 1 atom stereocenters. The molecule has 0 fully saturated rings. The van der Waals surface area contributed by atoms with E-state index in [4.69, 9.17) is 0 Å². The summed E-state index contributed by atoms with van der Waals surface area (Å²) >= 11 is 0. The summed E-state index contributed by atoms with van der Waals surface area (Å²) in [5, 5.41) is 0. The van der Waals surface area contributed by atoms with E-state index in [9.17, 15) is 14.3 Å². The van der Waals surface area contributed by atoms with Gasteiger partial charge in [0.2, 0.25) is 0 Å². The maximum Gasteiger partial charge on any atom is 1.00 e. The Morgan fingerprint density at radius 1 is 1.75 bits per heavy atom. The molecule has 0 aromatic heterocycles. The van der Waals surface area contributed by atoms with Gasteiger partial charge in [0.05, 0.1) is 0 Å². The fourth-order valence-electron chi connectivity index (χ4n) is 0.117. The van der Waals surface area contributed by atoms with Crippen LogP contribution in [-0.2, 0) is 13.9 Å². The molecule has 0 N–H and O–H groups in total. The molecule has 42 valence electrons. The zero-order chi connectivity index (χ0) is 5.86. The van der Waals surface area contributed by atoms with Gasteiger partial charge in [-0.15, -0.1) is 0 Å². The Morgan fingerprint density at radius 2 is 2.12 bits per heavy atom. The molecule has 0 saturated heterocycles. The Hall–Kier alpha value is 0.660. The van der Waals surface area contributed by atoms with Crippen LogP contribution in [0.1, 0.15) is 6.92 Å². The van der Waals surface area contributed by atoms with E-state index in [1.807, 2.05) is 0 Å². The average Bonchev–Trinajstić information content (AvgIpc) is 1.27. The zero-order valence-corrected chi connectivity index (χ0v) is 7.63. The molecule has 0 aromatic rings. The second-order valence-corrected chi connectivity index (χ2v) is 1.55. The monoisotopic (exact) mass is 146 g/mol. The fraction of sp³-hybridized carbons (Fsp3) is 0.500. The van der Waals surface area contributed by atoms with Crippen LogP contribution in [0.15, 0.2) is 0 Å². The van der Waals surface area contributed by atoms with Crippen molar-refractivity contribution >= 4 is 14.2 Å². The van der Waals surface area contributed by atoms with Crippen molar-refractivity contribution in [3.63, 3.8) is 0 Å². The summed E-state index contributed by atoms with van der Waals surface area (Å²) in [6.07, 6.45) is 0. The van der Waals surface area contributed by atoms with Crippen LogP contribution in [0.3, 0.4) is 0 Å². The average molecular weight is 146 g/mol. The first-order valence-electron chi connectivity index (χ1n) is 1.52. The van der Waals surface area contributed by atoms with Crippen molar-refractivity contribution in [1.82, 2.24) is 0 Å². The van der Waals surface area contributed by atoms with Crippen molar-refractivity contribution < 1.29 is 48.3 Å². The molecule has 0 aliphatic carbocycles. The number of carbonyl (C=O) groups is 1. The molecular weight excluding hydrogens is 142 g/mol. The molecule has 8 heavy (non-hydrogen) atoms. The molecule has 0 aliphatic rings. The second kappa shape index (κ2) is 5.79. The van der Waals surface area contributed by atoms with E-state index in [2.05, 4.69) is 4.52 Å². The topological polar surface area (TPSA) is 66.4 Å². The van der Waals surface area contributed by atoms with Gasteiger partial charge < -0.3 is 9.42 Å². The SMILES string of the molecule is CC(=O)O[PH](=O)[O-].[Na+]. The summed E-state index contributed by atoms with van der Waals surface area (Å²) in [5.74, 6) is -0.793. The van der Waals surface area contributed by atoms with Crippen molar-refractivity contribution in [2.45, 2.75) is 6.92 Å². The van der Waals surface area contributed by atoms with E-state index in [-0.39, 0.29) is 29.6 Å². The van der Waals surface area contributed by atoms with Crippen LogP contribution in [-0.4, -0.2) is 5.97 Å². The summed E-state index contributed by atoms with van der Waals surface area (Å²) in [4.78, 5) is 19.1. The summed E-state index contributed by atoms with van der Waals surface area (Å²) in [6, 6.07) is 0. The minimum Gasteiger partial charge on any atom is -0.771 e. The third kappa shape index (κ3) is 9.83. The number of hydrogen-bond acceptors (Lipinski definition) is 4. The predicted octanol–water partition coefficient (Wildman–Crippen LogP) is -3.70. The maximum atomic E-state index is 9.66. The summed E-state index contributed by atoms with van der Waals surface area (Å²) in [7, 11) is -3.28. The number of carbonyl (C=O) groups excluding carboxylic acids is 1. The van der Waals surface area contributed by atoms with Crippen molar-refractivity contribution in [2.24, 2.45) is 0 Å². The van der Waals surface area contributed by atoms with E-state index in [1.54, 1.807) is 0 Å². The van der Waals surface area contributed by atoms with Crippen molar-refractivity contribution in [2.75, 3.05) is 0 Å². The molecule has 1 unspecified atom stereocenters. The number of hydrogen-bond donors (Lipinski definition) is 0. The predicted molar refractivity (Wildman–Crippen MR) is 20.8 cm³/mol. The van der Waals surface area contributed by atoms with Gasteiger partial charge in [-0.25, -0.2) is 0 Å². The standard InChI is InChI=1S/C2H5O4P.Na/c1-2(3)6-7(4)5;/h7H,1H3,(H,4,5);/q;+1/p-1. The molecule has 0 saturated carbocycles. The second-order valence-electron chi connectivity index (χ2n) is 0.844. The van der Waals surface area contributed by atoms with Gasteiger partial charge in [0.15, 0.2) is 8.25 Å². The molecule has 4 nitrogen and oxygen atoms in total. The molecule has 0 aromatic carbocycles. The number of rotatable bonds is 1. The molecule has 0 spiro atoms. The summed E-state index contributed by atoms with van der Waals surface area (Å²) < 4.78 is 13.0. The van der Waals surface area contributed by atoms with Crippen molar-refractivity contribution in [1.29, 1.82) is 0 Å². The molecule has 0 heterocycles. The van der Waals surface area contributed by atoms with Crippen molar-refractivity contribution in [3.8, 4) is 0 Å². The van der Waals surface area contributed by atoms with Crippen LogP contribution in [0.4, 0.5) is 0 Å². The minimum atomic E-state index is -3.28. The quantitative estimate of drug-likeness (QED) is 0.282. The fourth-order valence-corrected chi connectivity index (χ4v) is 0.352. The smallest absolute Gasteiger partial charge is 0.771 e. The van der Waals surface area contributed by atoms with Crippen LogP contribution >= 0.6 is 8.25 Å². The van der Waals surface area contributed by atoms with E-state index in [0.29, 0.717) is 0 Å². The van der Waals surface area contributed by atoms with E-state index in [1.165, 1.54) is 0 Å². The van der Waals surface area contributed by atoms with E-state index < -0.39 is 14.2 Å². The van der Waals surface area contributed by atoms with Crippen LogP contribution < -0.4 is 34.5 Å². The van der Waals surface area contributed by atoms with Crippen LogP contribution in [0, 0.1) is 0 Å². The minimum absolute atomic E-state index is 0. The third-order valence-electron chi connectivity index (χ3n) is 0.227. The first-order chi connectivity index (χ1) is 3.13. The third-order valence-corrected chi connectivity index (χ3v) is 0.681. The Bertz CT molecular complexity index is 90.2. The molecule has 0 bridgehead atoms. The summed E-state index contributed by atoms with van der Waals surface area (Å²) in [5.41, 5.74) is 0. The Labute approximate surface area is 69.5 Å². The van der Waals surface area contributed by atoms with Gasteiger partial charge in [0.1, 0.15) is 0 Å². The Kier molecular flexibility index (Phi) is 8.29. The normalized spacial score (nSPS) is 11.2. The molecular formula is C2H4NaO4P. The van der Waals surface area contributed by atoms with Gasteiger partial charge in [0, 0.05) is 6.92 Å². The van der Waals surface area contributed by atoms with Gasteiger partial charge in [-0.3, -0.25) is 9.36 Å². The molecule has 0 radical (unpaired) electrons. The largest absolute Gasteiger partial charge is 1.00 e. The van der Waals surface area contributed by atoms with Crippen molar-refractivity contribution in [3.05, 3.63) is 0 Å². The first-order valence-corrected chi connectivity index (χ1v) is 2.75. The molecule has 0 rings (SSSR count). The summed E-state index contributed by atoms with van der Waals surface area (Å²) in [6.45, 7) is 1.03. The van der Waals surface area contributed by atoms with Crippen LogP contribution in [0.2, 0.25) is 0 Å². The molecule has 6 heteroatoms. The van der Waals surface area contributed by atoms with E-state index >= 15 is 0 Å². The molecule has 0 aliphatic heterocycles. The van der Waals surface area contributed by atoms with Gasteiger partial charge in [-0.05, 0) is 0 Å². The van der Waals surface area contributed by atoms with Gasteiger partial charge in [0.25, 0.3) is 0 Å². The molecule has 0 amide bonds. The van der Waals surface area contributed by atoms with E-state index in [0.717, 1.165) is 6.92 Å². The Morgan fingerprint density at radius 3 is 2.12 bits per heavy atom. The van der Waals surface area contributed by atoms with Crippen LogP contribution in [0.5, 0.6) is 0 Å². The Balaban J connectivity index is 0. The maximum absolute atomic E-state index is 9.66. The van der Waals surface area contributed by atoms with Gasteiger partial charge in [-0.2, -0.15) is 0 Å². The van der Waals surface area contributed by atoms with Crippen LogP contribution in [0.25, 0.3) is 0 Å². The first kappa shape index (κ1) is 11.5. The van der Waals surface area contributed by atoms with Gasteiger partial charge >= 0.3 is 35.5 Å². The van der Waals surface area contributed by atoms with Gasteiger partial charge in [-0.1, -0.05) is 0 Å². The zero-order valence-electron chi connectivity index (χ0n) is 4.63.